The zero-order valence-electron chi connectivity index (χ0n) is 11.3. The molecule has 1 aromatic carbocycles. The average molecular weight is 295 g/mol. The number of hydrogen-bond donors (Lipinski definition) is 1. The first-order chi connectivity index (χ1) is 9.75. The Morgan fingerprint density at radius 2 is 2.20 bits per heavy atom. The van der Waals surface area contributed by atoms with Gasteiger partial charge in [0.25, 0.3) is 5.91 Å². The second-order valence-electron chi connectivity index (χ2n) is 5.41. The quantitative estimate of drug-likeness (QED) is 0.908. The molecule has 2 heterocycles. The minimum atomic E-state index is -0.0156. The number of hydrogen-bond acceptors (Lipinski definition) is 3. The van der Waals surface area contributed by atoms with Crippen molar-refractivity contribution in [1.29, 1.82) is 0 Å². The van der Waals surface area contributed by atoms with Crippen LogP contribution in [-0.4, -0.2) is 38.3 Å². The molecule has 2 unspecified atom stereocenters. The minimum Gasteiger partial charge on any atom is -0.366 e. The topological polar surface area (TPSA) is 41.6 Å². The number of anilines is 1. The summed E-state index contributed by atoms with van der Waals surface area (Å²) in [5.74, 6) is 0.458. The van der Waals surface area contributed by atoms with Crippen molar-refractivity contribution < 1.29 is 9.53 Å². The van der Waals surface area contributed by atoms with Gasteiger partial charge in [0.1, 0.15) is 6.61 Å². The van der Waals surface area contributed by atoms with E-state index in [2.05, 4.69) is 5.32 Å². The van der Waals surface area contributed by atoms with E-state index in [9.17, 15) is 4.79 Å². The van der Waals surface area contributed by atoms with E-state index >= 15 is 0 Å². The number of carbonyl (C=O) groups excluding carboxylic acids is 1. The van der Waals surface area contributed by atoms with Gasteiger partial charge < -0.3 is 15.0 Å². The summed E-state index contributed by atoms with van der Waals surface area (Å²) in [6.07, 6.45) is 2.42. The molecule has 20 heavy (non-hydrogen) atoms. The average Bonchev–Trinajstić information content (AvgIpc) is 2.49. The lowest BCUT2D eigenvalue weighted by atomic mass is 9.92. The smallest absolute Gasteiger partial charge is 0.253 e. The van der Waals surface area contributed by atoms with Crippen LogP contribution in [0.4, 0.5) is 5.69 Å². The number of amides is 1. The Morgan fingerprint density at radius 3 is 2.95 bits per heavy atom. The number of rotatable bonds is 2. The largest absolute Gasteiger partial charge is 0.366 e. The SMILES string of the molecule is O=C1COC(C2CCCNC2)CN1c1ccccc1Cl. The van der Waals surface area contributed by atoms with Crippen molar-refractivity contribution in [2.75, 3.05) is 31.1 Å². The standard InChI is InChI=1S/C15H19ClN2O2/c16-12-5-1-2-6-13(12)18-9-14(20-10-15(18)19)11-4-3-7-17-8-11/h1-2,5-6,11,14,17H,3-4,7-10H2. The minimum absolute atomic E-state index is 0.0156. The van der Waals surface area contributed by atoms with Crippen LogP contribution in [-0.2, 0) is 9.53 Å². The van der Waals surface area contributed by atoms with E-state index in [1.165, 1.54) is 6.42 Å². The van der Waals surface area contributed by atoms with Gasteiger partial charge in [0.05, 0.1) is 23.4 Å². The van der Waals surface area contributed by atoms with E-state index in [-0.39, 0.29) is 18.6 Å². The van der Waals surface area contributed by atoms with Crippen molar-refractivity contribution in [1.82, 2.24) is 5.32 Å². The molecule has 1 amide bonds. The third kappa shape index (κ3) is 2.82. The Balaban J connectivity index is 1.76. The van der Waals surface area contributed by atoms with Crippen molar-refractivity contribution in [2.24, 2.45) is 5.92 Å². The first-order valence-corrected chi connectivity index (χ1v) is 7.50. The number of nitrogens with zero attached hydrogens (tertiary/aromatic N) is 1. The van der Waals surface area contributed by atoms with Gasteiger partial charge >= 0.3 is 0 Å². The van der Waals surface area contributed by atoms with Crippen LogP contribution in [0.25, 0.3) is 0 Å². The molecule has 1 N–H and O–H groups in total. The molecule has 2 aliphatic rings. The Bertz CT molecular complexity index is 489. The van der Waals surface area contributed by atoms with Crippen molar-refractivity contribution >= 4 is 23.2 Å². The number of morpholine rings is 1. The van der Waals surface area contributed by atoms with Gasteiger partial charge in [-0.3, -0.25) is 4.79 Å². The van der Waals surface area contributed by atoms with E-state index in [0.717, 1.165) is 25.2 Å². The molecule has 4 nitrogen and oxygen atoms in total. The van der Waals surface area contributed by atoms with Gasteiger partial charge in [0, 0.05) is 6.54 Å². The predicted molar refractivity (Wildman–Crippen MR) is 79.1 cm³/mol. The highest BCUT2D eigenvalue weighted by molar-refractivity contribution is 6.33. The number of para-hydroxylation sites is 1. The van der Waals surface area contributed by atoms with Crippen LogP contribution in [0.5, 0.6) is 0 Å². The molecule has 0 radical (unpaired) electrons. The number of piperidine rings is 1. The summed E-state index contributed by atoms with van der Waals surface area (Å²) in [6, 6.07) is 7.49. The van der Waals surface area contributed by atoms with Gasteiger partial charge in [-0.25, -0.2) is 0 Å². The fourth-order valence-electron chi connectivity index (χ4n) is 2.98. The maximum Gasteiger partial charge on any atom is 0.253 e. The van der Waals surface area contributed by atoms with Crippen LogP contribution >= 0.6 is 11.6 Å². The zero-order valence-corrected chi connectivity index (χ0v) is 12.1. The first-order valence-electron chi connectivity index (χ1n) is 7.13. The van der Waals surface area contributed by atoms with Crippen LogP contribution in [0.15, 0.2) is 24.3 Å². The summed E-state index contributed by atoms with van der Waals surface area (Å²) in [6.45, 7) is 2.78. The van der Waals surface area contributed by atoms with Crippen molar-refractivity contribution in [2.45, 2.75) is 18.9 Å². The number of carbonyl (C=O) groups is 1. The highest BCUT2D eigenvalue weighted by atomic mass is 35.5. The molecule has 2 aliphatic heterocycles. The summed E-state index contributed by atoms with van der Waals surface area (Å²) in [7, 11) is 0. The normalized spacial score (nSPS) is 27.6. The Morgan fingerprint density at radius 1 is 1.35 bits per heavy atom. The number of halogens is 1. The van der Waals surface area contributed by atoms with E-state index < -0.39 is 0 Å². The summed E-state index contributed by atoms with van der Waals surface area (Å²) in [4.78, 5) is 13.9. The monoisotopic (exact) mass is 294 g/mol. The number of nitrogens with one attached hydrogen (secondary N) is 1. The Hall–Kier alpha value is -1.10. The van der Waals surface area contributed by atoms with Gasteiger partial charge in [0.2, 0.25) is 0 Å². The molecule has 2 atom stereocenters. The van der Waals surface area contributed by atoms with Gasteiger partial charge in [0.15, 0.2) is 0 Å². The van der Waals surface area contributed by atoms with Gasteiger partial charge in [-0.15, -0.1) is 0 Å². The number of ether oxygens (including phenoxy) is 1. The van der Waals surface area contributed by atoms with Crippen LogP contribution in [0, 0.1) is 5.92 Å². The highest BCUT2D eigenvalue weighted by Crippen LogP contribution is 2.29. The maximum atomic E-state index is 12.1. The third-order valence-corrected chi connectivity index (χ3v) is 4.41. The van der Waals surface area contributed by atoms with Crippen LogP contribution in [0.2, 0.25) is 5.02 Å². The Labute approximate surface area is 124 Å². The van der Waals surface area contributed by atoms with Gasteiger partial charge in [-0.2, -0.15) is 0 Å². The molecular formula is C15H19ClN2O2. The van der Waals surface area contributed by atoms with Crippen molar-refractivity contribution in [3.63, 3.8) is 0 Å². The molecule has 0 aliphatic carbocycles. The van der Waals surface area contributed by atoms with Crippen LogP contribution < -0.4 is 10.2 Å². The molecule has 0 bridgehead atoms. The summed E-state index contributed by atoms with van der Waals surface area (Å²) < 4.78 is 5.75. The summed E-state index contributed by atoms with van der Waals surface area (Å²) >= 11 is 6.21. The van der Waals surface area contributed by atoms with E-state index in [4.69, 9.17) is 16.3 Å². The predicted octanol–water partition coefficient (Wildman–Crippen LogP) is 2.07. The number of benzene rings is 1. The third-order valence-electron chi connectivity index (χ3n) is 4.09. The summed E-state index contributed by atoms with van der Waals surface area (Å²) in [5, 5.41) is 4.01. The molecule has 0 aromatic heterocycles. The van der Waals surface area contributed by atoms with Gasteiger partial charge in [-0.05, 0) is 37.4 Å². The van der Waals surface area contributed by atoms with Crippen LogP contribution in [0.1, 0.15) is 12.8 Å². The fraction of sp³-hybridized carbons (Fsp3) is 0.533. The molecule has 1 aromatic rings. The second-order valence-corrected chi connectivity index (χ2v) is 5.82. The second kappa shape index (κ2) is 6.12. The molecule has 108 valence electrons. The molecule has 2 fully saturated rings. The lowest BCUT2D eigenvalue weighted by Gasteiger charge is -2.38. The highest BCUT2D eigenvalue weighted by Gasteiger charge is 2.33. The molecule has 0 saturated carbocycles. The van der Waals surface area contributed by atoms with E-state index in [0.29, 0.717) is 17.5 Å². The van der Waals surface area contributed by atoms with Gasteiger partial charge in [-0.1, -0.05) is 23.7 Å². The summed E-state index contributed by atoms with van der Waals surface area (Å²) in [5.41, 5.74) is 0.788. The zero-order chi connectivity index (χ0) is 13.9. The fourth-order valence-corrected chi connectivity index (χ4v) is 3.21. The van der Waals surface area contributed by atoms with Crippen LogP contribution in [0.3, 0.4) is 0 Å². The Kier molecular flexibility index (Phi) is 4.24. The van der Waals surface area contributed by atoms with Crippen molar-refractivity contribution in [3.05, 3.63) is 29.3 Å². The lowest BCUT2D eigenvalue weighted by Crippen LogP contribution is -2.52. The molecule has 0 spiro atoms. The molecule has 2 saturated heterocycles. The molecule has 3 rings (SSSR count). The van der Waals surface area contributed by atoms with E-state index in [1.807, 2.05) is 24.3 Å². The first kappa shape index (κ1) is 13.9. The lowest BCUT2D eigenvalue weighted by molar-refractivity contribution is -0.131. The molecule has 5 heteroatoms. The maximum absolute atomic E-state index is 12.1. The molecular weight excluding hydrogens is 276 g/mol. The van der Waals surface area contributed by atoms with E-state index in [1.54, 1.807) is 4.90 Å². The van der Waals surface area contributed by atoms with Crippen molar-refractivity contribution in [3.8, 4) is 0 Å².